The van der Waals surface area contributed by atoms with Crippen molar-refractivity contribution >= 4 is 17.9 Å². The molecule has 0 rings (SSSR count). The lowest BCUT2D eigenvalue weighted by atomic mass is 10.0. The van der Waals surface area contributed by atoms with Crippen LogP contribution >= 0.6 is 0 Å². The third-order valence-electron chi connectivity index (χ3n) is 16.3. The van der Waals surface area contributed by atoms with Crippen molar-refractivity contribution in [1.29, 1.82) is 0 Å². The summed E-state index contributed by atoms with van der Waals surface area (Å²) in [6.07, 6.45) is 79.8. The first kappa shape index (κ1) is 75.2. The molecule has 0 spiro atoms. The predicted octanol–water partition coefficient (Wildman–Crippen LogP) is 24.0. The molecule has 0 aromatic rings. The third kappa shape index (κ3) is 64.9. The molecule has 0 heterocycles. The van der Waals surface area contributed by atoms with Gasteiger partial charge in [0, 0.05) is 19.3 Å². The summed E-state index contributed by atoms with van der Waals surface area (Å²) >= 11 is 0. The maximum Gasteiger partial charge on any atom is 0.306 e. The zero-order valence-corrected chi connectivity index (χ0v) is 52.5. The molecule has 0 aliphatic carbocycles. The van der Waals surface area contributed by atoms with Crippen molar-refractivity contribution in [2.45, 2.75) is 412 Å². The number of hydrogen-bond donors (Lipinski definition) is 0. The van der Waals surface area contributed by atoms with Gasteiger partial charge in [0.1, 0.15) is 13.2 Å². The number of hydrogen-bond acceptors (Lipinski definition) is 6. The molecule has 0 N–H and O–H groups in total. The summed E-state index contributed by atoms with van der Waals surface area (Å²) in [5, 5.41) is 0. The van der Waals surface area contributed by atoms with Crippen LogP contribution in [0.25, 0.3) is 0 Å². The summed E-state index contributed by atoms with van der Waals surface area (Å²) in [7, 11) is 0. The second-order valence-electron chi connectivity index (χ2n) is 24.2. The lowest BCUT2D eigenvalue weighted by Crippen LogP contribution is -2.30. The van der Waals surface area contributed by atoms with Gasteiger partial charge in [0.05, 0.1) is 0 Å². The quantitative estimate of drug-likeness (QED) is 0.0261. The molecule has 77 heavy (non-hydrogen) atoms. The number of unbranched alkanes of at least 4 members (excludes halogenated alkanes) is 53. The van der Waals surface area contributed by atoms with Crippen molar-refractivity contribution in [2.75, 3.05) is 13.2 Å². The lowest BCUT2D eigenvalue weighted by molar-refractivity contribution is -0.167. The molecule has 1 atom stereocenters. The van der Waals surface area contributed by atoms with Crippen LogP contribution in [0.4, 0.5) is 0 Å². The van der Waals surface area contributed by atoms with E-state index in [4.69, 9.17) is 14.2 Å². The average Bonchev–Trinajstić information content (AvgIpc) is 3.43. The minimum Gasteiger partial charge on any atom is -0.462 e. The van der Waals surface area contributed by atoms with Crippen molar-refractivity contribution in [2.24, 2.45) is 0 Å². The van der Waals surface area contributed by atoms with Crippen LogP contribution < -0.4 is 0 Å². The number of allylic oxidation sites excluding steroid dienone is 2. The van der Waals surface area contributed by atoms with E-state index < -0.39 is 6.10 Å². The molecule has 0 aromatic heterocycles. The number of esters is 3. The summed E-state index contributed by atoms with van der Waals surface area (Å²) in [4.78, 5) is 38.2. The first-order chi connectivity index (χ1) is 38.0. The lowest BCUT2D eigenvalue weighted by Gasteiger charge is -2.18. The molecule has 0 fully saturated rings. The minimum atomic E-state index is -0.763. The summed E-state index contributed by atoms with van der Waals surface area (Å²) in [5.74, 6) is -0.832. The van der Waals surface area contributed by atoms with E-state index in [0.29, 0.717) is 19.3 Å². The van der Waals surface area contributed by atoms with Crippen molar-refractivity contribution < 1.29 is 28.6 Å². The van der Waals surface area contributed by atoms with Crippen molar-refractivity contribution in [3.05, 3.63) is 12.2 Å². The second kappa shape index (κ2) is 66.7. The maximum atomic E-state index is 12.9. The number of rotatable bonds is 66. The molecular weight excluding hydrogens is 949 g/mol. The van der Waals surface area contributed by atoms with E-state index in [0.717, 1.165) is 57.8 Å². The van der Waals surface area contributed by atoms with Gasteiger partial charge in [-0.1, -0.05) is 354 Å². The van der Waals surface area contributed by atoms with Crippen LogP contribution in [-0.4, -0.2) is 37.2 Å². The monoisotopic (exact) mass is 1090 g/mol. The van der Waals surface area contributed by atoms with Crippen molar-refractivity contribution in [3.8, 4) is 0 Å². The standard InChI is InChI=1S/C71H136O6/c1-4-7-10-13-16-19-22-24-25-26-27-28-29-30-31-32-33-34-35-36-37-38-39-40-41-42-43-44-45-47-49-52-55-58-61-64-70(73)76-67-68(66-75-69(72)63-60-57-54-51-48-21-18-15-12-9-6-3)77-71(74)65-62-59-56-53-50-46-23-20-17-14-11-8-5-2/h26-27,68H,4-25,28-67H2,1-3H3/b27-26-. The minimum absolute atomic E-state index is 0.0621. The van der Waals surface area contributed by atoms with E-state index in [9.17, 15) is 14.4 Å². The molecule has 0 aliphatic heterocycles. The summed E-state index contributed by atoms with van der Waals surface area (Å²) in [6, 6.07) is 0. The van der Waals surface area contributed by atoms with E-state index in [1.165, 1.54) is 308 Å². The first-order valence-corrected chi connectivity index (χ1v) is 35.2. The fourth-order valence-corrected chi connectivity index (χ4v) is 11.0. The normalized spacial score (nSPS) is 12.0. The molecule has 1 unspecified atom stereocenters. The molecule has 0 aromatic carbocycles. The van der Waals surface area contributed by atoms with Crippen LogP contribution in [0.5, 0.6) is 0 Å². The Hall–Kier alpha value is -1.85. The molecule has 0 aliphatic rings. The fourth-order valence-electron chi connectivity index (χ4n) is 11.0. The molecule has 0 radical (unpaired) electrons. The van der Waals surface area contributed by atoms with Gasteiger partial charge in [-0.2, -0.15) is 0 Å². The zero-order chi connectivity index (χ0) is 55.7. The molecule has 0 amide bonds. The van der Waals surface area contributed by atoms with Crippen LogP contribution in [0.3, 0.4) is 0 Å². The van der Waals surface area contributed by atoms with E-state index in [1.807, 2.05) is 0 Å². The van der Waals surface area contributed by atoms with E-state index in [-0.39, 0.29) is 31.1 Å². The van der Waals surface area contributed by atoms with Gasteiger partial charge in [-0.05, 0) is 44.9 Å². The molecule has 456 valence electrons. The molecule has 0 bridgehead atoms. The van der Waals surface area contributed by atoms with E-state index in [1.54, 1.807) is 0 Å². The van der Waals surface area contributed by atoms with Crippen molar-refractivity contribution in [1.82, 2.24) is 0 Å². The highest BCUT2D eigenvalue weighted by atomic mass is 16.6. The van der Waals surface area contributed by atoms with Gasteiger partial charge in [0.2, 0.25) is 0 Å². The Kier molecular flexibility index (Phi) is 65.1. The third-order valence-corrected chi connectivity index (χ3v) is 16.3. The van der Waals surface area contributed by atoms with E-state index in [2.05, 4.69) is 32.9 Å². The van der Waals surface area contributed by atoms with Gasteiger partial charge >= 0.3 is 17.9 Å². The highest BCUT2D eigenvalue weighted by Gasteiger charge is 2.19. The van der Waals surface area contributed by atoms with Gasteiger partial charge < -0.3 is 14.2 Å². The van der Waals surface area contributed by atoms with Crippen LogP contribution in [0.2, 0.25) is 0 Å². The Morgan fingerprint density at radius 1 is 0.247 bits per heavy atom. The summed E-state index contributed by atoms with van der Waals surface area (Å²) < 4.78 is 16.9. The first-order valence-electron chi connectivity index (χ1n) is 35.2. The topological polar surface area (TPSA) is 78.9 Å². The Labute approximate surface area is 481 Å². The highest BCUT2D eigenvalue weighted by Crippen LogP contribution is 2.19. The van der Waals surface area contributed by atoms with Gasteiger partial charge in [-0.25, -0.2) is 0 Å². The Morgan fingerprint density at radius 2 is 0.429 bits per heavy atom. The molecular formula is C71H136O6. The van der Waals surface area contributed by atoms with Crippen LogP contribution in [-0.2, 0) is 28.6 Å². The van der Waals surface area contributed by atoms with Crippen molar-refractivity contribution in [3.63, 3.8) is 0 Å². The molecule has 0 saturated heterocycles. The highest BCUT2D eigenvalue weighted by molar-refractivity contribution is 5.71. The maximum absolute atomic E-state index is 12.9. The largest absolute Gasteiger partial charge is 0.462 e. The molecule has 0 saturated carbocycles. The van der Waals surface area contributed by atoms with Crippen LogP contribution in [0.15, 0.2) is 12.2 Å². The number of carbonyl (C=O) groups is 3. The second-order valence-corrected chi connectivity index (χ2v) is 24.2. The van der Waals surface area contributed by atoms with Crippen LogP contribution in [0.1, 0.15) is 406 Å². The van der Waals surface area contributed by atoms with Crippen LogP contribution in [0, 0.1) is 0 Å². The van der Waals surface area contributed by atoms with Gasteiger partial charge in [0.15, 0.2) is 6.10 Å². The number of carbonyl (C=O) groups excluding carboxylic acids is 3. The van der Waals surface area contributed by atoms with E-state index >= 15 is 0 Å². The SMILES string of the molecule is CCCCCCCCCC/C=C\CCCCCCCCCCCCCCCCCCCCCCCCCC(=O)OCC(COC(=O)CCCCCCCCCCCCC)OC(=O)CCCCCCCCCCCCCCC. The van der Waals surface area contributed by atoms with Gasteiger partial charge in [0.25, 0.3) is 0 Å². The Morgan fingerprint density at radius 3 is 0.649 bits per heavy atom. The predicted molar refractivity (Wildman–Crippen MR) is 335 cm³/mol. The Bertz CT molecular complexity index is 1200. The summed E-state index contributed by atoms with van der Waals surface area (Å²) in [5.41, 5.74) is 0. The smallest absolute Gasteiger partial charge is 0.306 e. The van der Waals surface area contributed by atoms with Gasteiger partial charge in [-0.15, -0.1) is 0 Å². The molecule has 6 nitrogen and oxygen atoms in total. The zero-order valence-electron chi connectivity index (χ0n) is 52.5. The Balaban J connectivity index is 3.95. The average molecular weight is 1090 g/mol. The molecule has 6 heteroatoms. The van der Waals surface area contributed by atoms with Gasteiger partial charge in [-0.3, -0.25) is 14.4 Å². The fraction of sp³-hybridized carbons (Fsp3) is 0.930. The number of ether oxygens (including phenoxy) is 3. The summed E-state index contributed by atoms with van der Waals surface area (Å²) in [6.45, 7) is 6.70.